The van der Waals surface area contributed by atoms with Crippen molar-refractivity contribution in [1.29, 1.82) is 0 Å². The van der Waals surface area contributed by atoms with E-state index < -0.39 is 6.43 Å². The van der Waals surface area contributed by atoms with E-state index in [9.17, 15) is 13.6 Å². The van der Waals surface area contributed by atoms with E-state index in [4.69, 9.17) is 0 Å². The van der Waals surface area contributed by atoms with Gasteiger partial charge < -0.3 is 15.0 Å². The molecule has 2 unspecified atom stereocenters. The van der Waals surface area contributed by atoms with Gasteiger partial charge in [0.1, 0.15) is 0 Å². The quantitative estimate of drug-likeness (QED) is 0.714. The number of likely N-dealkylation sites (tertiary alicyclic amines) is 1. The van der Waals surface area contributed by atoms with Crippen LogP contribution in [0.4, 0.5) is 8.78 Å². The molecule has 0 radical (unpaired) electrons. The summed E-state index contributed by atoms with van der Waals surface area (Å²) in [6, 6.07) is -0.0724. The van der Waals surface area contributed by atoms with Gasteiger partial charge in [0.15, 0.2) is 0 Å². The number of nitrogens with zero attached hydrogens (tertiary/aromatic N) is 1. The summed E-state index contributed by atoms with van der Waals surface area (Å²) >= 11 is 0. The second kappa shape index (κ2) is 6.10. The topological polar surface area (TPSA) is 41.6 Å². The van der Waals surface area contributed by atoms with Crippen molar-refractivity contribution in [1.82, 2.24) is 10.2 Å². The zero-order valence-corrected chi connectivity index (χ0v) is 9.58. The van der Waals surface area contributed by atoms with Gasteiger partial charge in [0.2, 0.25) is 0 Å². The molecule has 4 nitrogen and oxygen atoms in total. The van der Waals surface area contributed by atoms with Gasteiger partial charge >= 0.3 is 5.97 Å². The highest BCUT2D eigenvalue weighted by Crippen LogP contribution is 2.17. The van der Waals surface area contributed by atoms with Gasteiger partial charge in [0, 0.05) is 19.1 Å². The molecule has 2 atom stereocenters. The van der Waals surface area contributed by atoms with Gasteiger partial charge in [-0.3, -0.25) is 4.79 Å². The molecule has 1 rings (SSSR count). The summed E-state index contributed by atoms with van der Waals surface area (Å²) in [6.45, 7) is 0.978. The number of methoxy groups -OCH3 is 1. The summed E-state index contributed by atoms with van der Waals surface area (Å²) in [7, 11) is 3.21. The SMILES string of the molecule is COC(=O)C1CC(NCC(F)F)CN(C)C1. The lowest BCUT2D eigenvalue weighted by molar-refractivity contribution is -0.147. The predicted molar refractivity (Wildman–Crippen MR) is 55.4 cm³/mol. The average molecular weight is 236 g/mol. The second-order valence-corrected chi connectivity index (χ2v) is 4.17. The van der Waals surface area contributed by atoms with Crippen LogP contribution in [-0.4, -0.2) is 57.1 Å². The molecule has 0 amide bonds. The van der Waals surface area contributed by atoms with Crippen molar-refractivity contribution in [3.63, 3.8) is 0 Å². The predicted octanol–water partition coefficient (Wildman–Crippen LogP) is 0.334. The molecule has 0 saturated carbocycles. The lowest BCUT2D eigenvalue weighted by atomic mass is 9.94. The van der Waals surface area contributed by atoms with Gasteiger partial charge in [-0.25, -0.2) is 8.78 Å². The smallest absolute Gasteiger partial charge is 0.310 e. The third kappa shape index (κ3) is 4.02. The van der Waals surface area contributed by atoms with Crippen molar-refractivity contribution in [3.05, 3.63) is 0 Å². The summed E-state index contributed by atoms with van der Waals surface area (Å²) in [5.74, 6) is -0.491. The number of carbonyl (C=O) groups excluding carboxylic acids is 1. The van der Waals surface area contributed by atoms with Gasteiger partial charge in [-0.1, -0.05) is 0 Å². The number of alkyl halides is 2. The van der Waals surface area contributed by atoms with Crippen LogP contribution < -0.4 is 5.32 Å². The normalized spacial score (nSPS) is 27.1. The zero-order valence-electron chi connectivity index (χ0n) is 9.58. The summed E-state index contributed by atoms with van der Waals surface area (Å²) in [5.41, 5.74) is 0. The Bertz CT molecular complexity index is 239. The number of likely N-dealkylation sites (N-methyl/N-ethyl adjacent to an activating group) is 1. The minimum Gasteiger partial charge on any atom is -0.469 e. The monoisotopic (exact) mass is 236 g/mol. The Morgan fingerprint density at radius 3 is 2.81 bits per heavy atom. The van der Waals surface area contributed by atoms with Crippen LogP contribution in [0.2, 0.25) is 0 Å². The highest BCUT2D eigenvalue weighted by molar-refractivity contribution is 5.72. The molecule has 94 valence electrons. The maximum absolute atomic E-state index is 12.0. The van der Waals surface area contributed by atoms with Crippen LogP contribution >= 0.6 is 0 Å². The highest BCUT2D eigenvalue weighted by Gasteiger charge is 2.30. The molecule has 6 heteroatoms. The Hall–Kier alpha value is -0.750. The highest BCUT2D eigenvalue weighted by atomic mass is 19.3. The van der Waals surface area contributed by atoms with Crippen molar-refractivity contribution >= 4 is 5.97 Å². The number of esters is 1. The molecular weight excluding hydrogens is 218 g/mol. The van der Waals surface area contributed by atoms with Crippen LogP contribution in [0.3, 0.4) is 0 Å². The first-order chi connectivity index (χ1) is 7.52. The van der Waals surface area contributed by atoms with Gasteiger partial charge in [-0.05, 0) is 13.5 Å². The van der Waals surface area contributed by atoms with Gasteiger partial charge in [0.25, 0.3) is 6.43 Å². The number of nitrogens with one attached hydrogen (secondary N) is 1. The molecule has 1 aliphatic rings. The van der Waals surface area contributed by atoms with Crippen molar-refractivity contribution in [2.24, 2.45) is 5.92 Å². The average Bonchev–Trinajstić information content (AvgIpc) is 2.24. The molecule has 1 fully saturated rings. The molecule has 0 bridgehead atoms. The van der Waals surface area contributed by atoms with Crippen molar-refractivity contribution in [3.8, 4) is 0 Å². The summed E-state index contributed by atoms with van der Waals surface area (Å²) in [6.07, 6.45) is -1.80. The molecule has 16 heavy (non-hydrogen) atoms. The molecule has 0 aromatic heterocycles. The Labute approximate surface area is 93.9 Å². The van der Waals surface area contributed by atoms with Crippen LogP contribution in [0.5, 0.6) is 0 Å². The van der Waals surface area contributed by atoms with Gasteiger partial charge in [-0.15, -0.1) is 0 Å². The molecule has 1 aliphatic heterocycles. The van der Waals surface area contributed by atoms with E-state index in [1.165, 1.54) is 7.11 Å². The third-order valence-electron chi connectivity index (χ3n) is 2.73. The standard InChI is InChI=1S/C10H18F2N2O2/c1-14-5-7(10(15)16-2)3-8(6-14)13-4-9(11)12/h7-9,13H,3-6H2,1-2H3. The molecule has 0 aromatic carbocycles. The zero-order chi connectivity index (χ0) is 12.1. The minimum atomic E-state index is -2.36. The molecule has 1 N–H and O–H groups in total. The fraction of sp³-hybridized carbons (Fsp3) is 0.900. The van der Waals surface area contributed by atoms with E-state index in [1.807, 2.05) is 11.9 Å². The number of halogens is 2. The van der Waals surface area contributed by atoms with E-state index in [-0.39, 0.29) is 24.5 Å². The second-order valence-electron chi connectivity index (χ2n) is 4.17. The molecule has 1 heterocycles. The summed E-state index contributed by atoms with van der Waals surface area (Å²) < 4.78 is 28.8. The minimum absolute atomic E-state index is 0.0724. The Kier molecular flexibility index (Phi) is 5.08. The number of piperidine rings is 1. The molecule has 0 spiro atoms. The van der Waals surface area contributed by atoms with Crippen LogP contribution in [0.25, 0.3) is 0 Å². The summed E-state index contributed by atoms with van der Waals surface area (Å²) in [5, 5.41) is 2.76. The third-order valence-corrected chi connectivity index (χ3v) is 2.73. The Balaban J connectivity index is 2.44. The van der Waals surface area contributed by atoms with Crippen LogP contribution in [-0.2, 0) is 9.53 Å². The Morgan fingerprint density at radius 1 is 1.56 bits per heavy atom. The first-order valence-electron chi connectivity index (χ1n) is 5.30. The van der Waals surface area contributed by atoms with E-state index in [1.54, 1.807) is 0 Å². The van der Waals surface area contributed by atoms with Crippen LogP contribution in [0.1, 0.15) is 6.42 Å². The van der Waals surface area contributed by atoms with E-state index in [2.05, 4.69) is 10.1 Å². The fourth-order valence-electron chi connectivity index (χ4n) is 2.06. The summed E-state index contributed by atoms with van der Waals surface area (Å²) in [4.78, 5) is 13.3. The van der Waals surface area contributed by atoms with E-state index in [0.29, 0.717) is 19.5 Å². The number of ether oxygens (including phenoxy) is 1. The number of hydrogen-bond donors (Lipinski definition) is 1. The first-order valence-corrected chi connectivity index (χ1v) is 5.30. The van der Waals surface area contributed by atoms with E-state index >= 15 is 0 Å². The maximum Gasteiger partial charge on any atom is 0.310 e. The first kappa shape index (κ1) is 13.3. The number of hydrogen-bond acceptors (Lipinski definition) is 4. The van der Waals surface area contributed by atoms with Gasteiger partial charge in [0.05, 0.1) is 19.6 Å². The fourth-order valence-corrected chi connectivity index (χ4v) is 2.06. The molecule has 0 aliphatic carbocycles. The van der Waals surface area contributed by atoms with Crippen LogP contribution in [0, 0.1) is 5.92 Å². The van der Waals surface area contributed by atoms with Crippen molar-refractivity contribution < 1.29 is 18.3 Å². The molecule has 1 saturated heterocycles. The van der Waals surface area contributed by atoms with Gasteiger partial charge in [-0.2, -0.15) is 0 Å². The van der Waals surface area contributed by atoms with Crippen LogP contribution in [0.15, 0.2) is 0 Å². The maximum atomic E-state index is 12.0. The lowest BCUT2D eigenvalue weighted by Gasteiger charge is -2.34. The Morgan fingerprint density at radius 2 is 2.25 bits per heavy atom. The molecule has 0 aromatic rings. The van der Waals surface area contributed by atoms with Crippen molar-refractivity contribution in [2.45, 2.75) is 18.9 Å². The molecular formula is C10H18F2N2O2. The number of rotatable bonds is 4. The lowest BCUT2D eigenvalue weighted by Crippen LogP contribution is -2.50. The number of carbonyl (C=O) groups is 1. The van der Waals surface area contributed by atoms with Crippen molar-refractivity contribution in [2.75, 3.05) is 33.8 Å². The largest absolute Gasteiger partial charge is 0.469 e. The van der Waals surface area contributed by atoms with E-state index in [0.717, 1.165) is 0 Å².